The van der Waals surface area contributed by atoms with Crippen LogP contribution in [0.2, 0.25) is 0 Å². The Morgan fingerprint density at radius 2 is 1.74 bits per heavy atom. The molecule has 0 spiro atoms. The Morgan fingerprint density at radius 3 is 2.61 bits per heavy atom. The zero-order valence-electron chi connectivity index (χ0n) is 20.5. The first-order valence-electron chi connectivity index (χ1n) is 12.7. The number of halogens is 1. The Kier molecular flexibility index (Phi) is 5.47. The molecule has 0 saturated carbocycles. The summed E-state index contributed by atoms with van der Waals surface area (Å²) >= 11 is 0. The molecule has 9 nitrogen and oxygen atoms in total. The van der Waals surface area contributed by atoms with Crippen molar-refractivity contribution in [1.29, 1.82) is 0 Å². The van der Waals surface area contributed by atoms with Gasteiger partial charge in [0.2, 0.25) is 5.95 Å². The summed E-state index contributed by atoms with van der Waals surface area (Å²) in [5, 5.41) is 14.6. The maximum absolute atomic E-state index is 13.9. The lowest BCUT2D eigenvalue weighted by Gasteiger charge is -2.35. The van der Waals surface area contributed by atoms with Gasteiger partial charge in [-0.05, 0) is 60.9 Å². The zero-order chi connectivity index (χ0) is 25.6. The molecule has 0 bridgehead atoms. The maximum Gasteiger partial charge on any atom is 0.226 e. The number of nitrogens with zero attached hydrogens (tertiary/aromatic N) is 8. The Balaban J connectivity index is 1.22. The van der Waals surface area contributed by atoms with E-state index in [0.29, 0.717) is 30.4 Å². The van der Waals surface area contributed by atoms with Gasteiger partial charge in [-0.25, -0.2) is 28.8 Å². The summed E-state index contributed by atoms with van der Waals surface area (Å²) in [6.07, 6.45) is 5.11. The fourth-order valence-electron chi connectivity index (χ4n) is 5.27. The summed E-state index contributed by atoms with van der Waals surface area (Å²) < 4.78 is 15.8. The number of aliphatic hydroxyl groups excluding tert-OH is 1. The lowest BCUT2D eigenvalue weighted by atomic mass is 10.0. The zero-order valence-corrected chi connectivity index (χ0v) is 20.5. The molecule has 4 aromatic heterocycles. The molecule has 2 aliphatic heterocycles. The molecule has 0 aliphatic carbocycles. The van der Waals surface area contributed by atoms with E-state index >= 15 is 0 Å². The van der Waals surface area contributed by atoms with E-state index in [1.54, 1.807) is 24.5 Å². The molecule has 1 atom stereocenters. The maximum atomic E-state index is 13.9. The molecule has 0 radical (unpaired) electrons. The standard InChI is InChI=1S/C28H25FN8O/c29-19-5-1-4-18(14-19)24-8-3-13-36(24)27-10-9-26-31-15-25(37(26)34-27)23-7-2-6-21(32-23)22-11-12-30-28(33-22)35-16-20(38)17-35/h1-2,4-7,9-12,14-15,20,24,38H,3,8,13,16-17H2. The van der Waals surface area contributed by atoms with Gasteiger partial charge in [0.1, 0.15) is 17.3 Å². The first kappa shape index (κ1) is 22.7. The minimum Gasteiger partial charge on any atom is -0.389 e. The number of fused-ring (bicyclic) bond motifs is 1. The third kappa shape index (κ3) is 4.03. The number of hydrogen-bond donors (Lipinski definition) is 1. The molecule has 6 heterocycles. The molecular weight excluding hydrogens is 483 g/mol. The van der Waals surface area contributed by atoms with Crippen molar-refractivity contribution in [3.8, 4) is 22.8 Å². The van der Waals surface area contributed by atoms with E-state index in [2.05, 4.69) is 19.9 Å². The number of aromatic nitrogens is 6. The van der Waals surface area contributed by atoms with Crippen molar-refractivity contribution < 1.29 is 9.50 Å². The predicted octanol–water partition coefficient (Wildman–Crippen LogP) is 3.91. The SMILES string of the molecule is OC1CN(c2nccc(-c3cccc(-c4cnc5ccc(N6CCCC6c6cccc(F)c6)nn45)n3)n2)C1. The molecule has 1 aromatic carbocycles. The van der Waals surface area contributed by atoms with Crippen LogP contribution in [0.25, 0.3) is 28.4 Å². The highest BCUT2D eigenvalue weighted by Gasteiger charge is 2.28. The van der Waals surface area contributed by atoms with Crippen LogP contribution < -0.4 is 9.80 Å². The van der Waals surface area contributed by atoms with E-state index in [1.165, 1.54) is 6.07 Å². The molecule has 5 aromatic rings. The fourth-order valence-corrected chi connectivity index (χ4v) is 5.27. The quantitative estimate of drug-likeness (QED) is 0.382. The molecule has 2 saturated heterocycles. The number of β-amino-alcohol motifs (C(OH)–C–C–N with tert-alkyl or cyclic N) is 1. The first-order chi connectivity index (χ1) is 18.6. The monoisotopic (exact) mass is 508 g/mol. The molecule has 2 aliphatic rings. The van der Waals surface area contributed by atoms with Gasteiger partial charge in [-0.15, -0.1) is 5.10 Å². The van der Waals surface area contributed by atoms with Crippen molar-refractivity contribution >= 4 is 17.4 Å². The molecule has 2 fully saturated rings. The van der Waals surface area contributed by atoms with Gasteiger partial charge in [-0.2, -0.15) is 0 Å². The van der Waals surface area contributed by atoms with Gasteiger partial charge >= 0.3 is 0 Å². The second-order valence-electron chi connectivity index (χ2n) is 9.72. The molecule has 190 valence electrons. The lowest BCUT2D eigenvalue weighted by molar-refractivity contribution is 0.140. The van der Waals surface area contributed by atoms with Crippen molar-refractivity contribution in [2.24, 2.45) is 0 Å². The molecule has 1 N–H and O–H groups in total. The van der Waals surface area contributed by atoms with Crippen molar-refractivity contribution in [3.05, 3.63) is 84.4 Å². The Labute approximate surface area is 218 Å². The molecule has 10 heteroatoms. The highest BCUT2D eigenvalue weighted by atomic mass is 19.1. The average Bonchev–Trinajstić information content (AvgIpc) is 3.59. The van der Waals surface area contributed by atoms with Crippen molar-refractivity contribution in [3.63, 3.8) is 0 Å². The minimum atomic E-state index is -0.332. The number of hydrogen-bond acceptors (Lipinski definition) is 8. The van der Waals surface area contributed by atoms with E-state index in [4.69, 9.17) is 10.1 Å². The predicted molar refractivity (Wildman–Crippen MR) is 141 cm³/mol. The number of rotatable bonds is 5. The van der Waals surface area contributed by atoms with Crippen LogP contribution in [0.3, 0.4) is 0 Å². The molecule has 1 unspecified atom stereocenters. The Bertz CT molecular complexity index is 1630. The minimum absolute atomic E-state index is 0.0727. The van der Waals surface area contributed by atoms with Crippen molar-refractivity contribution in [2.45, 2.75) is 25.0 Å². The van der Waals surface area contributed by atoms with Gasteiger partial charge in [0.05, 0.1) is 35.4 Å². The first-order valence-corrected chi connectivity index (χ1v) is 12.7. The van der Waals surface area contributed by atoms with E-state index in [0.717, 1.165) is 47.8 Å². The van der Waals surface area contributed by atoms with Crippen LogP contribution in [0.1, 0.15) is 24.4 Å². The fraction of sp³-hybridized carbons (Fsp3) is 0.250. The molecule has 7 rings (SSSR count). The highest BCUT2D eigenvalue weighted by molar-refractivity contribution is 5.65. The second-order valence-corrected chi connectivity index (χ2v) is 9.72. The topological polar surface area (TPSA) is 95.6 Å². The average molecular weight is 509 g/mol. The van der Waals surface area contributed by atoms with E-state index < -0.39 is 0 Å². The van der Waals surface area contributed by atoms with Crippen LogP contribution >= 0.6 is 0 Å². The van der Waals surface area contributed by atoms with Crippen LogP contribution in [0.5, 0.6) is 0 Å². The van der Waals surface area contributed by atoms with Crippen molar-refractivity contribution in [1.82, 2.24) is 29.5 Å². The van der Waals surface area contributed by atoms with Crippen LogP contribution in [-0.2, 0) is 0 Å². The summed E-state index contributed by atoms with van der Waals surface area (Å²) in [6.45, 7) is 1.91. The summed E-state index contributed by atoms with van der Waals surface area (Å²) in [5.74, 6) is 1.18. The lowest BCUT2D eigenvalue weighted by Crippen LogP contribution is -2.51. The van der Waals surface area contributed by atoms with Crippen LogP contribution in [0.15, 0.2) is 73.1 Å². The number of imidazole rings is 1. The number of pyridine rings is 1. The third-order valence-electron chi connectivity index (χ3n) is 7.19. The summed E-state index contributed by atoms with van der Waals surface area (Å²) in [4.78, 5) is 22.6. The summed E-state index contributed by atoms with van der Waals surface area (Å²) in [7, 11) is 0. The van der Waals surface area contributed by atoms with E-state index in [9.17, 15) is 9.50 Å². The normalized spacial score (nSPS) is 17.8. The van der Waals surface area contributed by atoms with Gasteiger partial charge in [0, 0.05) is 25.8 Å². The number of aliphatic hydroxyl groups is 1. The number of benzene rings is 1. The molecular formula is C28H25FN8O. The second kappa shape index (κ2) is 9.14. The van der Waals surface area contributed by atoms with Gasteiger partial charge in [-0.3, -0.25) is 0 Å². The van der Waals surface area contributed by atoms with Gasteiger partial charge in [0.25, 0.3) is 0 Å². The van der Waals surface area contributed by atoms with Crippen LogP contribution in [0.4, 0.5) is 16.2 Å². The number of anilines is 2. The largest absolute Gasteiger partial charge is 0.389 e. The van der Waals surface area contributed by atoms with Crippen molar-refractivity contribution in [2.75, 3.05) is 29.4 Å². The van der Waals surface area contributed by atoms with Gasteiger partial charge in [0.15, 0.2) is 5.65 Å². The summed E-state index contributed by atoms with van der Waals surface area (Å²) in [5.41, 5.74) is 4.59. The molecule has 38 heavy (non-hydrogen) atoms. The highest BCUT2D eigenvalue weighted by Crippen LogP contribution is 2.36. The third-order valence-corrected chi connectivity index (χ3v) is 7.19. The van der Waals surface area contributed by atoms with Gasteiger partial charge in [-0.1, -0.05) is 18.2 Å². The van der Waals surface area contributed by atoms with E-state index in [-0.39, 0.29) is 18.0 Å². The summed E-state index contributed by atoms with van der Waals surface area (Å²) in [6, 6.07) is 18.4. The van der Waals surface area contributed by atoms with E-state index in [1.807, 2.05) is 51.9 Å². The van der Waals surface area contributed by atoms with Gasteiger partial charge < -0.3 is 14.9 Å². The molecule has 0 amide bonds. The van der Waals surface area contributed by atoms with Crippen LogP contribution in [0, 0.1) is 5.82 Å². The Morgan fingerprint density at radius 1 is 0.895 bits per heavy atom. The Hall–Kier alpha value is -4.44. The smallest absolute Gasteiger partial charge is 0.226 e. The van der Waals surface area contributed by atoms with Crippen LogP contribution in [-0.4, -0.2) is 60.4 Å².